The van der Waals surface area contributed by atoms with Crippen LogP contribution in [0, 0.1) is 0 Å². The Morgan fingerprint density at radius 1 is 1.15 bits per heavy atom. The number of morpholine rings is 1. The SMILES string of the molecule is CCCc1c(OC)ccc2cc(C(=O)Nc3ccc(C(C)N4CCOCC4)cc3)c(=O)oc12. The molecule has 2 heterocycles. The van der Waals surface area contributed by atoms with Gasteiger partial charge in [-0.25, -0.2) is 4.79 Å². The topological polar surface area (TPSA) is 81.0 Å². The Hall–Kier alpha value is -3.16. The highest BCUT2D eigenvalue weighted by Crippen LogP contribution is 2.29. The van der Waals surface area contributed by atoms with Crippen molar-refractivity contribution in [2.75, 3.05) is 38.7 Å². The number of hydrogen-bond acceptors (Lipinski definition) is 6. The van der Waals surface area contributed by atoms with E-state index in [4.69, 9.17) is 13.9 Å². The van der Waals surface area contributed by atoms with Crippen LogP contribution in [0.25, 0.3) is 11.0 Å². The summed E-state index contributed by atoms with van der Waals surface area (Å²) in [5.41, 5.74) is 2.41. The minimum Gasteiger partial charge on any atom is -0.496 e. The first-order valence-corrected chi connectivity index (χ1v) is 11.4. The standard InChI is InChI=1S/C26H30N2O5/c1-4-5-21-23(31-3)11-8-19-16-22(26(30)33-24(19)21)25(29)27-20-9-6-18(7-10-20)17(2)28-12-14-32-15-13-28/h6-11,16-17H,4-5,12-15H2,1-3H3,(H,27,29). The summed E-state index contributed by atoms with van der Waals surface area (Å²) in [6.07, 6.45) is 1.59. The van der Waals surface area contributed by atoms with Crippen molar-refractivity contribution >= 4 is 22.6 Å². The quantitative estimate of drug-likeness (QED) is 0.538. The number of carbonyl (C=O) groups excluding carboxylic acids is 1. The lowest BCUT2D eigenvalue weighted by atomic mass is 10.0. The maximum atomic E-state index is 12.9. The monoisotopic (exact) mass is 450 g/mol. The van der Waals surface area contributed by atoms with Crippen molar-refractivity contribution in [3.05, 3.63) is 69.6 Å². The average molecular weight is 451 g/mol. The first-order valence-electron chi connectivity index (χ1n) is 11.4. The van der Waals surface area contributed by atoms with Gasteiger partial charge in [0, 0.05) is 35.8 Å². The number of anilines is 1. The number of ether oxygens (including phenoxy) is 2. The lowest BCUT2D eigenvalue weighted by Crippen LogP contribution is -2.38. The maximum absolute atomic E-state index is 12.9. The number of amides is 1. The molecule has 174 valence electrons. The summed E-state index contributed by atoms with van der Waals surface area (Å²) >= 11 is 0. The van der Waals surface area contributed by atoms with Gasteiger partial charge in [0.25, 0.3) is 5.91 Å². The largest absolute Gasteiger partial charge is 0.496 e. The van der Waals surface area contributed by atoms with E-state index >= 15 is 0 Å². The van der Waals surface area contributed by atoms with Crippen molar-refractivity contribution in [3.8, 4) is 5.75 Å². The summed E-state index contributed by atoms with van der Waals surface area (Å²) < 4.78 is 16.4. The van der Waals surface area contributed by atoms with E-state index in [1.807, 2.05) is 37.3 Å². The third kappa shape index (κ3) is 4.94. The number of methoxy groups -OCH3 is 1. The molecule has 1 atom stereocenters. The molecule has 1 N–H and O–H groups in total. The average Bonchev–Trinajstić information content (AvgIpc) is 2.84. The first-order chi connectivity index (χ1) is 16.0. The van der Waals surface area contributed by atoms with Crippen LogP contribution in [0.15, 0.2) is 51.7 Å². The molecule has 2 aromatic carbocycles. The smallest absolute Gasteiger partial charge is 0.349 e. The molecular formula is C26H30N2O5. The summed E-state index contributed by atoms with van der Waals surface area (Å²) in [5, 5.41) is 3.51. The summed E-state index contributed by atoms with van der Waals surface area (Å²) in [6, 6.07) is 13.2. The van der Waals surface area contributed by atoms with Crippen LogP contribution >= 0.6 is 0 Å². The van der Waals surface area contributed by atoms with Crippen LogP contribution < -0.4 is 15.7 Å². The minimum absolute atomic E-state index is 0.0270. The molecular weight excluding hydrogens is 420 g/mol. The summed E-state index contributed by atoms with van der Waals surface area (Å²) in [5.74, 6) is 0.184. The summed E-state index contributed by atoms with van der Waals surface area (Å²) in [6.45, 7) is 7.53. The van der Waals surface area contributed by atoms with Gasteiger partial charge in [-0.3, -0.25) is 9.69 Å². The molecule has 0 aliphatic carbocycles. The molecule has 1 aromatic heterocycles. The van der Waals surface area contributed by atoms with E-state index in [2.05, 4.69) is 17.1 Å². The van der Waals surface area contributed by atoms with E-state index in [0.717, 1.165) is 43.9 Å². The fourth-order valence-electron chi connectivity index (χ4n) is 4.28. The van der Waals surface area contributed by atoms with Crippen LogP contribution in [0.4, 0.5) is 5.69 Å². The van der Waals surface area contributed by atoms with Gasteiger partial charge in [-0.15, -0.1) is 0 Å². The Kier molecular flexibility index (Phi) is 7.11. The van der Waals surface area contributed by atoms with Crippen LogP contribution in [0.3, 0.4) is 0 Å². The predicted molar refractivity (Wildman–Crippen MR) is 128 cm³/mol. The van der Waals surface area contributed by atoms with E-state index in [9.17, 15) is 9.59 Å². The molecule has 7 nitrogen and oxygen atoms in total. The second kappa shape index (κ2) is 10.2. The van der Waals surface area contributed by atoms with Gasteiger partial charge in [0.1, 0.15) is 16.9 Å². The Bertz CT molecular complexity index is 1180. The van der Waals surface area contributed by atoms with Crippen molar-refractivity contribution in [1.29, 1.82) is 0 Å². The molecule has 0 radical (unpaired) electrons. The molecule has 0 saturated carbocycles. The zero-order chi connectivity index (χ0) is 23.4. The number of nitrogens with zero attached hydrogens (tertiary/aromatic N) is 1. The lowest BCUT2D eigenvalue weighted by Gasteiger charge is -2.32. The normalized spacial score (nSPS) is 15.4. The van der Waals surface area contributed by atoms with Gasteiger partial charge >= 0.3 is 5.63 Å². The van der Waals surface area contributed by atoms with E-state index < -0.39 is 11.5 Å². The molecule has 0 spiro atoms. The number of rotatable bonds is 7. The second-order valence-electron chi connectivity index (χ2n) is 8.26. The molecule has 1 unspecified atom stereocenters. The second-order valence-corrected chi connectivity index (χ2v) is 8.26. The molecule has 7 heteroatoms. The van der Waals surface area contributed by atoms with Gasteiger partial charge in [-0.2, -0.15) is 0 Å². The van der Waals surface area contributed by atoms with Crippen molar-refractivity contribution in [2.45, 2.75) is 32.7 Å². The number of carbonyl (C=O) groups is 1. The Morgan fingerprint density at radius 2 is 1.88 bits per heavy atom. The Morgan fingerprint density at radius 3 is 2.55 bits per heavy atom. The van der Waals surface area contributed by atoms with E-state index in [1.165, 1.54) is 0 Å². The third-order valence-electron chi connectivity index (χ3n) is 6.17. The Balaban J connectivity index is 1.54. The number of benzene rings is 2. The van der Waals surface area contributed by atoms with Gasteiger partial charge in [0.15, 0.2) is 0 Å². The van der Waals surface area contributed by atoms with Gasteiger partial charge < -0.3 is 19.2 Å². The third-order valence-corrected chi connectivity index (χ3v) is 6.17. The molecule has 33 heavy (non-hydrogen) atoms. The van der Waals surface area contributed by atoms with E-state index in [0.29, 0.717) is 28.8 Å². The molecule has 0 bridgehead atoms. The fourth-order valence-corrected chi connectivity index (χ4v) is 4.28. The molecule has 4 rings (SSSR count). The van der Waals surface area contributed by atoms with Crippen molar-refractivity contribution in [3.63, 3.8) is 0 Å². The maximum Gasteiger partial charge on any atom is 0.349 e. The highest BCUT2D eigenvalue weighted by molar-refractivity contribution is 6.05. The fraction of sp³-hybridized carbons (Fsp3) is 0.385. The first kappa shape index (κ1) is 23.0. The highest BCUT2D eigenvalue weighted by atomic mass is 16.5. The zero-order valence-electron chi connectivity index (χ0n) is 19.3. The molecule has 1 saturated heterocycles. The molecule has 1 amide bonds. The van der Waals surface area contributed by atoms with Crippen molar-refractivity contribution in [1.82, 2.24) is 4.90 Å². The van der Waals surface area contributed by atoms with Gasteiger partial charge in [-0.05, 0) is 49.2 Å². The van der Waals surface area contributed by atoms with Crippen LogP contribution in [-0.4, -0.2) is 44.2 Å². The number of aryl methyl sites for hydroxylation is 1. The highest BCUT2D eigenvalue weighted by Gasteiger charge is 2.20. The molecule has 1 aliphatic rings. The van der Waals surface area contributed by atoms with Crippen LogP contribution in [0.2, 0.25) is 0 Å². The lowest BCUT2D eigenvalue weighted by molar-refractivity contribution is 0.0198. The minimum atomic E-state index is -0.664. The van der Waals surface area contributed by atoms with Gasteiger partial charge in [-0.1, -0.05) is 25.5 Å². The number of nitrogens with one attached hydrogen (secondary N) is 1. The molecule has 1 fully saturated rings. The molecule has 1 aliphatic heterocycles. The van der Waals surface area contributed by atoms with E-state index in [1.54, 1.807) is 19.2 Å². The Labute approximate surface area is 193 Å². The summed E-state index contributed by atoms with van der Waals surface area (Å²) in [4.78, 5) is 27.9. The van der Waals surface area contributed by atoms with Crippen LogP contribution in [0.5, 0.6) is 5.75 Å². The van der Waals surface area contributed by atoms with Gasteiger partial charge in [0.05, 0.1) is 20.3 Å². The van der Waals surface area contributed by atoms with E-state index in [-0.39, 0.29) is 11.6 Å². The number of fused-ring (bicyclic) bond motifs is 1. The van der Waals surface area contributed by atoms with Crippen molar-refractivity contribution in [2.24, 2.45) is 0 Å². The van der Waals surface area contributed by atoms with Crippen LogP contribution in [0.1, 0.15) is 47.8 Å². The van der Waals surface area contributed by atoms with Crippen LogP contribution in [-0.2, 0) is 11.2 Å². The van der Waals surface area contributed by atoms with Gasteiger partial charge in [0.2, 0.25) is 0 Å². The summed E-state index contributed by atoms with van der Waals surface area (Å²) in [7, 11) is 1.59. The number of hydrogen-bond donors (Lipinski definition) is 1. The molecule has 3 aromatic rings. The zero-order valence-corrected chi connectivity index (χ0v) is 19.3. The van der Waals surface area contributed by atoms with Crippen molar-refractivity contribution < 1.29 is 18.7 Å². The predicted octanol–water partition coefficient (Wildman–Crippen LogP) is 4.40.